The Morgan fingerprint density at radius 1 is 1.13 bits per heavy atom. The number of benzene rings is 1. The molecule has 1 heterocycles. The lowest BCUT2D eigenvalue weighted by atomic mass is 10.3. The molecular formula is C15H13ClN2O5. The van der Waals surface area contributed by atoms with Gasteiger partial charge in [0.15, 0.2) is 12.4 Å². The molecule has 0 fully saturated rings. The summed E-state index contributed by atoms with van der Waals surface area (Å²) in [6.07, 6.45) is 1.34. The van der Waals surface area contributed by atoms with Crippen LogP contribution in [0.5, 0.6) is 0 Å². The lowest BCUT2D eigenvalue weighted by molar-refractivity contribution is -0.146. The van der Waals surface area contributed by atoms with Gasteiger partial charge in [0.1, 0.15) is 6.54 Å². The van der Waals surface area contributed by atoms with E-state index >= 15 is 0 Å². The van der Waals surface area contributed by atoms with Crippen LogP contribution in [0.1, 0.15) is 10.6 Å². The van der Waals surface area contributed by atoms with E-state index in [-0.39, 0.29) is 12.3 Å². The number of amides is 2. The monoisotopic (exact) mass is 336 g/mol. The van der Waals surface area contributed by atoms with Crippen molar-refractivity contribution in [3.63, 3.8) is 0 Å². The molecule has 2 N–H and O–H groups in total. The van der Waals surface area contributed by atoms with Crippen molar-refractivity contribution in [3.8, 4) is 0 Å². The van der Waals surface area contributed by atoms with E-state index in [1.165, 1.54) is 12.3 Å². The van der Waals surface area contributed by atoms with Crippen molar-refractivity contribution in [2.24, 2.45) is 0 Å². The van der Waals surface area contributed by atoms with Gasteiger partial charge in [-0.3, -0.25) is 14.4 Å². The smallest absolute Gasteiger partial charge is 0.325 e. The van der Waals surface area contributed by atoms with E-state index in [9.17, 15) is 14.4 Å². The number of anilines is 1. The van der Waals surface area contributed by atoms with Gasteiger partial charge in [-0.15, -0.1) is 0 Å². The second kappa shape index (κ2) is 8.00. The maximum atomic E-state index is 11.6. The van der Waals surface area contributed by atoms with Crippen molar-refractivity contribution in [2.45, 2.75) is 0 Å². The Kier molecular flexibility index (Phi) is 5.76. The zero-order valence-electron chi connectivity index (χ0n) is 11.9. The average Bonchev–Trinajstić information content (AvgIpc) is 3.07. The summed E-state index contributed by atoms with van der Waals surface area (Å²) in [5.41, 5.74) is 0.529. The Morgan fingerprint density at radius 2 is 1.87 bits per heavy atom. The van der Waals surface area contributed by atoms with Gasteiger partial charge in [0.2, 0.25) is 0 Å². The minimum atomic E-state index is -0.740. The van der Waals surface area contributed by atoms with Crippen LogP contribution in [0.15, 0.2) is 47.1 Å². The third-order valence-corrected chi connectivity index (χ3v) is 2.88. The highest BCUT2D eigenvalue weighted by molar-refractivity contribution is 6.30. The Balaban J connectivity index is 1.68. The Hall–Kier alpha value is -2.80. The van der Waals surface area contributed by atoms with Gasteiger partial charge in [-0.2, -0.15) is 0 Å². The number of esters is 1. The van der Waals surface area contributed by atoms with Crippen LogP contribution in [0.2, 0.25) is 5.02 Å². The molecular weight excluding hydrogens is 324 g/mol. The van der Waals surface area contributed by atoms with Gasteiger partial charge < -0.3 is 19.8 Å². The van der Waals surface area contributed by atoms with Crippen LogP contribution in [0, 0.1) is 0 Å². The first kappa shape index (κ1) is 16.6. The van der Waals surface area contributed by atoms with Gasteiger partial charge in [-0.1, -0.05) is 11.6 Å². The second-order valence-electron chi connectivity index (χ2n) is 4.38. The predicted octanol–water partition coefficient (Wildman–Crippen LogP) is 1.84. The number of furan rings is 1. The van der Waals surface area contributed by atoms with E-state index in [0.29, 0.717) is 10.7 Å². The topological polar surface area (TPSA) is 97.6 Å². The summed E-state index contributed by atoms with van der Waals surface area (Å²) in [5.74, 6) is -1.70. The Morgan fingerprint density at radius 3 is 2.52 bits per heavy atom. The number of hydrogen-bond donors (Lipinski definition) is 2. The first-order valence-electron chi connectivity index (χ1n) is 6.57. The molecule has 2 amide bonds. The van der Waals surface area contributed by atoms with Crippen molar-refractivity contribution in [3.05, 3.63) is 53.4 Å². The molecule has 2 rings (SSSR count). The van der Waals surface area contributed by atoms with E-state index < -0.39 is 24.4 Å². The van der Waals surface area contributed by atoms with Crippen LogP contribution >= 0.6 is 11.6 Å². The van der Waals surface area contributed by atoms with Crippen LogP contribution in [0.25, 0.3) is 0 Å². The van der Waals surface area contributed by atoms with E-state index in [1.807, 2.05) is 0 Å². The average molecular weight is 337 g/mol. The van der Waals surface area contributed by atoms with E-state index in [1.54, 1.807) is 30.3 Å². The van der Waals surface area contributed by atoms with Crippen molar-refractivity contribution >= 4 is 35.1 Å². The summed E-state index contributed by atoms with van der Waals surface area (Å²) in [6, 6.07) is 9.48. The fraction of sp³-hybridized carbons (Fsp3) is 0.133. The molecule has 0 atom stereocenters. The lowest BCUT2D eigenvalue weighted by Gasteiger charge is -2.07. The zero-order valence-corrected chi connectivity index (χ0v) is 12.6. The third-order valence-electron chi connectivity index (χ3n) is 2.63. The molecule has 0 aliphatic heterocycles. The third kappa shape index (κ3) is 5.48. The molecule has 23 heavy (non-hydrogen) atoms. The molecule has 0 radical (unpaired) electrons. The minimum Gasteiger partial charge on any atom is -0.459 e. The molecule has 120 valence electrons. The van der Waals surface area contributed by atoms with Crippen LogP contribution in [0.3, 0.4) is 0 Å². The molecule has 1 aromatic carbocycles. The highest BCUT2D eigenvalue weighted by Gasteiger charge is 2.12. The quantitative estimate of drug-likeness (QED) is 0.784. The minimum absolute atomic E-state index is 0.0817. The molecule has 0 saturated heterocycles. The zero-order chi connectivity index (χ0) is 16.7. The van der Waals surface area contributed by atoms with Crippen LogP contribution in [-0.4, -0.2) is 30.9 Å². The number of rotatable bonds is 6. The number of hydrogen-bond acceptors (Lipinski definition) is 5. The number of halogens is 1. The molecule has 0 saturated carbocycles. The SMILES string of the molecule is O=C(COC(=O)CNC(=O)c1ccco1)Nc1ccc(Cl)cc1. The van der Waals surface area contributed by atoms with Crippen molar-refractivity contribution in [2.75, 3.05) is 18.5 Å². The lowest BCUT2D eigenvalue weighted by Crippen LogP contribution is -2.32. The van der Waals surface area contributed by atoms with Gasteiger partial charge >= 0.3 is 5.97 Å². The standard InChI is InChI=1S/C15H13ClN2O5/c16-10-3-5-11(6-4-10)18-13(19)9-23-14(20)8-17-15(21)12-2-1-7-22-12/h1-7H,8-9H2,(H,17,21)(H,18,19). The summed E-state index contributed by atoms with van der Waals surface area (Å²) in [7, 11) is 0. The summed E-state index contributed by atoms with van der Waals surface area (Å²) in [6.45, 7) is -0.828. The highest BCUT2D eigenvalue weighted by atomic mass is 35.5. The van der Waals surface area contributed by atoms with Crippen molar-refractivity contribution in [1.29, 1.82) is 0 Å². The predicted molar refractivity (Wildman–Crippen MR) is 82.1 cm³/mol. The summed E-state index contributed by atoms with van der Waals surface area (Å²) in [4.78, 5) is 34.6. The molecule has 0 aliphatic carbocycles. The molecule has 0 aliphatic rings. The van der Waals surface area contributed by atoms with Gasteiger partial charge in [0, 0.05) is 10.7 Å². The van der Waals surface area contributed by atoms with E-state index in [4.69, 9.17) is 20.8 Å². The normalized spacial score (nSPS) is 9.96. The van der Waals surface area contributed by atoms with E-state index in [0.717, 1.165) is 0 Å². The van der Waals surface area contributed by atoms with Gasteiger partial charge in [-0.25, -0.2) is 0 Å². The fourth-order valence-electron chi connectivity index (χ4n) is 1.57. The summed E-state index contributed by atoms with van der Waals surface area (Å²) >= 11 is 5.72. The molecule has 2 aromatic rings. The maximum Gasteiger partial charge on any atom is 0.325 e. The second-order valence-corrected chi connectivity index (χ2v) is 4.81. The van der Waals surface area contributed by atoms with Gasteiger partial charge in [0.05, 0.1) is 6.26 Å². The first-order chi connectivity index (χ1) is 11.0. The number of carbonyl (C=O) groups is 3. The molecule has 7 nitrogen and oxygen atoms in total. The Bertz CT molecular complexity index is 682. The number of ether oxygens (including phenoxy) is 1. The molecule has 8 heteroatoms. The van der Waals surface area contributed by atoms with Crippen molar-refractivity contribution in [1.82, 2.24) is 5.32 Å². The fourth-order valence-corrected chi connectivity index (χ4v) is 1.70. The summed E-state index contributed by atoms with van der Waals surface area (Å²) < 4.78 is 9.61. The highest BCUT2D eigenvalue weighted by Crippen LogP contribution is 2.13. The molecule has 0 unspecified atom stereocenters. The van der Waals surface area contributed by atoms with Crippen molar-refractivity contribution < 1.29 is 23.5 Å². The van der Waals surface area contributed by atoms with E-state index in [2.05, 4.69) is 10.6 Å². The number of carbonyl (C=O) groups excluding carboxylic acids is 3. The number of nitrogens with one attached hydrogen (secondary N) is 2. The first-order valence-corrected chi connectivity index (χ1v) is 6.95. The molecule has 0 bridgehead atoms. The van der Waals surface area contributed by atoms with Crippen LogP contribution < -0.4 is 10.6 Å². The van der Waals surface area contributed by atoms with Crippen LogP contribution in [0.4, 0.5) is 5.69 Å². The largest absolute Gasteiger partial charge is 0.459 e. The van der Waals surface area contributed by atoms with Gasteiger partial charge in [-0.05, 0) is 36.4 Å². The Labute approximate surface area is 136 Å². The molecule has 0 spiro atoms. The summed E-state index contributed by atoms with van der Waals surface area (Å²) in [5, 5.41) is 5.39. The van der Waals surface area contributed by atoms with Crippen LogP contribution in [-0.2, 0) is 14.3 Å². The maximum absolute atomic E-state index is 11.6. The molecule has 1 aromatic heterocycles. The van der Waals surface area contributed by atoms with Gasteiger partial charge in [0.25, 0.3) is 11.8 Å².